The van der Waals surface area contributed by atoms with E-state index in [9.17, 15) is 9.18 Å². The molecule has 2 aromatic rings. The van der Waals surface area contributed by atoms with Gasteiger partial charge in [-0.25, -0.2) is 4.39 Å². The topological polar surface area (TPSA) is 46.3 Å². The molecule has 1 amide bonds. The zero-order valence-electron chi connectivity index (χ0n) is 11.4. The summed E-state index contributed by atoms with van der Waals surface area (Å²) in [5.41, 5.74) is 6.48. The van der Waals surface area contributed by atoms with Crippen LogP contribution in [0.4, 0.5) is 4.39 Å². The van der Waals surface area contributed by atoms with Crippen molar-refractivity contribution in [3.63, 3.8) is 0 Å². The third-order valence-electron chi connectivity index (χ3n) is 3.06. The van der Waals surface area contributed by atoms with Crippen LogP contribution in [0.1, 0.15) is 15.9 Å². The molecule has 110 valence electrons. The second-order valence-electron chi connectivity index (χ2n) is 4.63. The summed E-state index contributed by atoms with van der Waals surface area (Å²) in [5, 5.41) is 0.326. The Morgan fingerprint density at radius 2 is 1.90 bits per heavy atom. The molecule has 0 heterocycles. The maximum absolute atomic E-state index is 13.8. The van der Waals surface area contributed by atoms with Gasteiger partial charge in [0, 0.05) is 24.7 Å². The lowest BCUT2D eigenvalue weighted by atomic mass is 10.1. The monoisotopic (exact) mass is 306 g/mol. The number of rotatable bonds is 5. The van der Waals surface area contributed by atoms with Crippen molar-refractivity contribution in [2.45, 2.75) is 6.54 Å². The van der Waals surface area contributed by atoms with Crippen molar-refractivity contribution in [1.82, 2.24) is 4.90 Å². The quantitative estimate of drug-likeness (QED) is 0.922. The zero-order chi connectivity index (χ0) is 15.2. The van der Waals surface area contributed by atoms with Crippen molar-refractivity contribution in [3.05, 3.63) is 70.5 Å². The Labute approximate surface area is 128 Å². The van der Waals surface area contributed by atoms with E-state index in [1.54, 1.807) is 0 Å². The van der Waals surface area contributed by atoms with Gasteiger partial charge < -0.3 is 10.6 Å². The Bertz CT molecular complexity index is 619. The average Bonchev–Trinajstić information content (AvgIpc) is 2.49. The molecule has 0 unspecified atom stereocenters. The number of benzene rings is 2. The Kier molecular flexibility index (Phi) is 5.31. The molecule has 3 nitrogen and oxygen atoms in total. The summed E-state index contributed by atoms with van der Waals surface area (Å²) in [5.74, 6) is -0.996. The van der Waals surface area contributed by atoms with Crippen LogP contribution in [-0.4, -0.2) is 23.9 Å². The molecule has 2 N–H and O–H groups in total. The van der Waals surface area contributed by atoms with Crippen molar-refractivity contribution in [2.24, 2.45) is 5.73 Å². The number of hydrogen-bond acceptors (Lipinski definition) is 2. The highest BCUT2D eigenvalue weighted by Gasteiger charge is 2.19. The molecule has 21 heavy (non-hydrogen) atoms. The Balaban J connectivity index is 2.25. The largest absolute Gasteiger partial charge is 0.333 e. The van der Waals surface area contributed by atoms with Crippen LogP contribution in [0.15, 0.2) is 48.5 Å². The first-order valence-electron chi connectivity index (χ1n) is 6.60. The fourth-order valence-corrected chi connectivity index (χ4v) is 2.22. The highest BCUT2D eigenvalue weighted by atomic mass is 35.5. The molecule has 0 radical (unpaired) electrons. The third-order valence-corrected chi connectivity index (χ3v) is 3.30. The van der Waals surface area contributed by atoms with Gasteiger partial charge in [0.25, 0.3) is 5.91 Å². The molecule has 0 fully saturated rings. The highest BCUT2D eigenvalue weighted by molar-refractivity contribution is 6.31. The number of amides is 1. The SMILES string of the molecule is NCCN(Cc1ccccc1)C(=O)c1cc(Cl)ccc1F. The number of carbonyl (C=O) groups excluding carboxylic acids is 1. The van der Waals surface area contributed by atoms with Gasteiger partial charge in [0.2, 0.25) is 0 Å². The van der Waals surface area contributed by atoms with E-state index < -0.39 is 11.7 Å². The second-order valence-corrected chi connectivity index (χ2v) is 5.06. The second kappa shape index (κ2) is 7.20. The van der Waals surface area contributed by atoms with Crippen LogP contribution in [0.3, 0.4) is 0 Å². The Morgan fingerprint density at radius 3 is 2.57 bits per heavy atom. The van der Waals surface area contributed by atoms with E-state index in [4.69, 9.17) is 17.3 Å². The summed E-state index contributed by atoms with van der Waals surface area (Å²) in [6, 6.07) is 13.4. The molecule has 0 aliphatic heterocycles. The third kappa shape index (κ3) is 4.03. The summed E-state index contributed by atoms with van der Waals surface area (Å²) in [6.45, 7) is 1.03. The number of nitrogens with zero attached hydrogens (tertiary/aromatic N) is 1. The first kappa shape index (κ1) is 15.5. The Morgan fingerprint density at radius 1 is 1.19 bits per heavy atom. The summed E-state index contributed by atoms with van der Waals surface area (Å²) >= 11 is 5.84. The van der Waals surface area contributed by atoms with Gasteiger partial charge in [-0.1, -0.05) is 41.9 Å². The van der Waals surface area contributed by atoms with Crippen LogP contribution in [0.5, 0.6) is 0 Å². The molecule has 0 aliphatic carbocycles. The average molecular weight is 307 g/mol. The van der Waals surface area contributed by atoms with E-state index >= 15 is 0 Å². The first-order valence-corrected chi connectivity index (χ1v) is 6.98. The number of nitrogens with two attached hydrogens (primary N) is 1. The van der Waals surface area contributed by atoms with Gasteiger partial charge >= 0.3 is 0 Å². The number of hydrogen-bond donors (Lipinski definition) is 1. The molecule has 2 aromatic carbocycles. The van der Waals surface area contributed by atoms with Gasteiger partial charge in [0.15, 0.2) is 0 Å². The fraction of sp³-hybridized carbons (Fsp3) is 0.188. The van der Waals surface area contributed by atoms with E-state index in [2.05, 4.69) is 0 Å². The summed E-state index contributed by atoms with van der Waals surface area (Å²) in [6.07, 6.45) is 0. The molecule has 0 saturated heterocycles. The summed E-state index contributed by atoms with van der Waals surface area (Å²) < 4.78 is 13.8. The van der Waals surface area contributed by atoms with Crippen LogP contribution < -0.4 is 5.73 Å². The van der Waals surface area contributed by atoms with Crippen LogP contribution in [0.25, 0.3) is 0 Å². The summed E-state index contributed by atoms with van der Waals surface area (Å²) in [7, 11) is 0. The van der Waals surface area contributed by atoms with E-state index in [-0.39, 0.29) is 5.56 Å². The zero-order valence-corrected chi connectivity index (χ0v) is 12.2. The van der Waals surface area contributed by atoms with Crippen molar-refractivity contribution < 1.29 is 9.18 Å². The molecular formula is C16H16ClFN2O. The minimum Gasteiger partial charge on any atom is -0.333 e. The van der Waals surface area contributed by atoms with Crippen molar-refractivity contribution in [3.8, 4) is 0 Å². The maximum Gasteiger partial charge on any atom is 0.257 e. The van der Waals surface area contributed by atoms with Gasteiger partial charge in [-0.3, -0.25) is 4.79 Å². The summed E-state index contributed by atoms with van der Waals surface area (Å²) in [4.78, 5) is 14.0. The molecule has 0 aliphatic rings. The Hall–Kier alpha value is -1.91. The molecule has 5 heteroatoms. The fourth-order valence-electron chi connectivity index (χ4n) is 2.04. The molecule has 0 spiro atoms. The van der Waals surface area contributed by atoms with Gasteiger partial charge in [-0.05, 0) is 23.8 Å². The lowest BCUT2D eigenvalue weighted by molar-refractivity contribution is 0.0743. The van der Waals surface area contributed by atoms with Gasteiger partial charge in [-0.2, -0.15) is 0 Å². The van der Waals surface area contributed by atoms with Crippen LogP contribution in [0, 0.1) is 5.82 Å². The highest BCUT2D eigenvalue weighted by Crippen LogP contribution is 2.18. The van der Waals surface area contributed by atoms with E-state index in [1.165, 1.54) is 23.1 Å². The maximum atomic E-state index is 13.8. The number of halogens is 2. The lowest BCUT2D eigenvalue weighted by Crippen LogP contribution is -2.35. The molecule has 0 atom stereocenters. The van der Waals surface area contributed by atoms with Crippen molar-refractivity contribution in [2.75, 3.05) is 13.1 Å². The van der Waals surface area contributed by atoms with Crippen LogP contribution in [0.2, 0.25) is 5.02 Å². The van der Waals surface area contributed by atoms with Gasteiger partial charge in [-0.15, -0.1) is 0 Å². The molecule has 0 aromatic heterocycles. The van der Waals surface area contributed by atoms with Crippen LogP contribution >= 0.6 is 11.6 Å². The van der Waals surface area contributed by atoms with Crippen molar-refractivity contribution >= 4 is 17.5 Å². The molecule has 2 rings (SSSR count). The van der Waals surface area contributed by atoms with Gasteiger partial charge in [0.1, 0.15) is 5.82 Å². The van der Waals surface area contributed by atoms with E-state index in [0.29, 0.717) is 24.7 Å². The van der Waals surface area contributed by atoms with Crippen LogP contribution in [-0.2, 0) is 6.54 Å². The minimum absolute atomic E-state index is 0.0353. The first-order chi connectivity index (χ1) is 10.1. The normalized spacial score (nSPS) is 10.4. The van der Waals surface area contributed by atoms with Gasteiger partial charge in [0.05, 0.1) is 5.56 Å². The number of carbonyl (C=O) groups is 1. The lowest BCUT2D eigenvalue weighted by Gasteiger charge is -2.22. The molecule has 0 saturated carbocycles. The minimum atomic E-state index is -0.584. The predicted molar refractivity (Wildman–Crippen MR) is 81.6 cm³/mol. The standard InChI is InChI=1S/C16H16ClFN2O/c17-13-6-7-15(18)14(10-13)16(21)20(9-8-19)11-12-4-2-1-3-5-12/h1-7,10H,8-9,11,19H2. The van der Waals surface area contributed by atoms with Crippen molar-refractivity contribution in [1.29, 1.82) is 0 Å². The van der Waals surface area contributed by atoms with E-state index in [0.717, 1.165) is 5.56 Å². The molecular weight excluding hydrogens is 291 g/mol. The predicted octanol–water partition coefficient (Wildman–Crippen LogP) is 3.08. The van der Waals surface area contributed by atoms with E-state index in [1.807, 2.05) is 30.3 Å². The smallest absolute Gasteiger partial charge is 0.257 e. The molecule has 0 bridgehead atoms.